The van der Waals surface area contributed by atoms with Crippen LogP contribution in [-0.4, -0.2) is 24.1 Å². The number of thiazole rings is 1. The number of amides is 1. The third kappa shape index (κ3) is 2.64. The normalized spacial score (nSPS) is 12.6. The average Bonchev–Trinajstić information content (AvgIpc) is 3.00. The van der Waals surface area contributed by atoms with Gasteiger partial charge in [-0.3, -0.25) is 10.1 Å². The summed E-state index contributed by atoms with van der Waals surface area (Å²) in [6.45, 7) is 1.04. The van der Waals surface area contributed by atoms with E-state index in [9.17, 15) is 4.79 Å². The summed E-state index contributed by atoms with van der Waals surface area (Å²) in [6, 6.07) is 12.2. The molecule has 24 heavy (non-hydrogen) atoms. The lowest BCUT2D eigenvalue weighted by Crippen LogP contribution is -2.15. The van der Waals surface area contributed by atoms with Crippen molar-refractivity contribution < 1.29 is 14.3 Å². The standard InChI is InChI=1S/C17H11N3O3S/c18-9-10-2-1-3-11(6-10)16(21)20-17-19-12-7-13-14(8-15(12)24-17)23-5-4-22-13/h1-3,6-8H,4-5H2,(H,19,20,21). The van der Waals surface area contributed by atoms with Crippen molar-refractivity contribution in [2.45, 2.75) is 0 Å². The molecule has 2 heterocycles. The Hall–Kier alpha value is -3.11. The van der Waals surface area contributed by atoms with Crippen LogP contribution in [0.1, 0.15) is 15.9 Å². The summed E-state index contributed by atoms with van der Waals surface area (Å²) in [4.78, 5) is 16.7. The SMILES string of the molecule is N#Cc1cccc(C(=O)Nc2nc3cc4c(cc3s2)OCCO4)c1. The first-order valence-electron chi connectivity index (χ1n) is 7.24. The predicted molar refractivity (Wildman–Crippen MR) is 89.7 cm³/mol. The fraction of sp³-hybridized carbons (Fsp3) is 0.118. The second kappa shape index (κ2) is 5.83. The Labute approximate surface area is 141 Å². The molecule has 0 fully saturated rings. The summed E-state index contributed by atoms with van der Waals surface area (Å²) in [5.74, 6) is 1.05. The van der Waals surface area contributed by atoms with Crippen molar-refractivity contribution in [1.82, 2.24) is 4.98 Å². The molecular formula is C17H11N3O3S. The van der Waals surface area contributed by atoms with Crippen LogP contribution >= 0.6 is 11.3 Å². The number of ether oxygens (including phenoxy) is 2. The number of hydrogen-bond acceptors (Lipinski definition) is 6. The first-order valence-corrected chi connectivity index (χ1v) is 8.06. The van der Waals surface area contributed by atoms with E-state index in [-0.39, 0.29) is 5.91 Å². The fourth-order valence-electron chi connectivity index (χ4n) is 2.42. The number of nitrogens with zero attached hydrogens (tertiary/aromatic N) is 2. The summed E-state index contributed by atoms with van der Waals surface area (Å²) in [5.41, 5.74) is 1.60. The van der Waals surface area contributed by atoms with Crippen molar-refractivity contribution in [3.05, 3.63) is 47.5 Å². The molecule has 1 amide bonds. The molecule has 4 rings (SSSR count). The quantitative estimate of drug-likeness (QED) is 0.776. The van der Waals surface area contributed by atoms with E-state index in [1.165, 1.54) is 11.3 Å². The van der Waals surface area contributed by atoms with Crippen molar-refractivity contribution in [3.8, 4) is 17.6 Å². The maximum absolute atomic E-state index is 12.3. The third-order valence-corrected chi connectivity index (χ3v) is 4.46. The molecule has 0 aliphatic carbocycles. The maximum Gasteiger partial charge on any atom is 0.257 e. The van der Waals surface area contributed by atoms with E-state index in [1.54, 1.807) is 24.3 Å². The van der Waals surface area contributed by atoms with E-state index in [0.717, 1.165) is 10.2 Å². The Bertz CT molecular complexity index is 947. The molecule has 0 saturated carbocycles. The van der Waals surface area contributed by atoms with Gasteiger partial charge in [0, 0.05) is 17.7 Å². The van der Waals surface area contributed by atoms with E-state index in [4.69, 9.17) is 14.7 Å². The number of carbonyl (C=O) groups is 1. The second-order valence-electron chi connectivity index (χ2n) is 5.13. The molecule has 118 valence electrons. The maximum atomic E-state index is 12.3. The van der Waals surface area contributed by atoms with Gasteiger partial charge in [0.1, 0.15) is 13.2 Å². The Morgan fingerprint density at radius 2 is 2.00 bits per heavy atom. The molecule has 0 radical (unpaired) electrons. The number of benzene rings is 2. The highest BCUT2D eigenvalue weighted by Crippen LogP contribution is 2.37. The van der Waals surface area contributed by atoms with Gasteiger partial charge in [-0.15, -0.1) is 0 Å². The summed E-state index contributed by atoms with van der Waals surface area (Å²) >= 11 is 1.36. The van der Waals surface area contributed by atoms with Crippen LogP contribution in [0.2, 0.25) is 0 Å². The fourth-order valence-corrected chi connectivity index (χ4v) is 3.29. The predicted octanol–water partition coefficient (Wildman–Crippen LogP) is 3.19. The van der Waals surface area contributed by atoms with Crippen LogP contribution < -0.4 is 14.8 Å². The molecule has 0 bridgehead atoms. The zero-order chi connectivity index (χ0) is 16.5. The van der Waals surface area contributed by atoms with Crippen LogP contribution in [0.3, 0.4) is 0 Å². The van der Waals surface area contributed by atoms with Crippen LogP contribution in [0.4, 0.5) is 5.13 Å². The first-order chi connectivity index (χ1) is 11.7. The van der Waals surface area contributed by atoms with Crippen LogP contribution in [-0.2, 0) is 0 Å². The molecule has 1 N–H and O–H groups in total. The molecule has 1 aromatic heterocycles. The van der Waals surface area contributed by atoms with Crippen molar-refractivity contribution >= 4 is 32.6 Å². The highest BCUT2D eigenvalue weighted by molar-refractivity contribution is 7.22. The highest BCUT2D eigenvalue weighted by atomic mass is 32.1. The Kier molecular flexibility index (Phi) is 3.52. The molecule has 6 nitrogen and oxygen atoms in total. The highest BCUT2D eigenvalue weighted by Gasteiger charge is 2.16. The van der Waals surface area contributed by atoms with Gasteiger partial charge in [-0.25, -0.2) is 4.98 Å². The summed E-state index contributed by atoms with van der Waals surface area (Å²) in [7, 11) is 0. The Morgan fingerprint density at radius 1 is 1.21 bits per heavy atom. The zero-order valence-electron chi connectivity index (χ0n) is 12.4. The van der Waals surface area contributed by atoms with Gasteiger partial charge >= 0.3 is 0 Å². The number of nitrogens with one attached hydrogen (secondary N) is 1. The van der Waals surface area contributed by atoms with Gasteiger partial charge in [0.05, 0.1) is 21.8 Å². The topological polar surface area (TPSA) is 84.2 Å². The lowest BCUT2D eigenvalue weighted by Gasteiger charge is -2.17. The van der Waals surface area contributed by atoms with Crippen LogP contribution in [0.15, 0.2) is 36.4 Å². The van der Waals surface area contributed by atoms with Gasteiger partial charge in [-0.1, -0.05) is 17.4 Å². The monoisotopic (exact) mass is 337 g/mol. The van der Waals surface area contributed by atoms with Crippen LogP contribution in [0.5, 0.6) is 11.5 Å². The molecule has 0 spiro atoms. The van der Waals surface area contributed by atoms with Crippen molar-refractivity contribution in [2.24, 2.45) is 0 Å². The summed E-state index contributed by atoms with van der Waals surface area (Å²) in [5, 5.41) is 12.2. The van der Waals surface area contributed by atoms with E-state index in [2.05, 4.69) is 10.3 Å². The van der Waals surface area contributed by atoms with Gasteiger partial charge in [0.15, 0.2) is 16.6 Å². The third-order valence-electron chi connectivity index (χ3n) is 3.53. The van der Waals surface area contributed by atoms with Crippen LogP contribution in [0.25, 0.3) is 10.2 Å². The molecule has 3 aromatic rings. The molecule has 0 unspecified atom stereocenters. The van der Waals surface area contributed by atoms with E-state index >= 15 is 0 Å². The van der Waals surface area contributed by atoms with Crippen molar-refractivity contribution in [1.29, 1.82) is 5.26 Å². The average molecular weight is 337 g/mol. The molecular weight excluding hydrogens is 326 g/mol. The van der Waals surface area contributed by atoms with Crippen molar-refractivity contribution in [3.63, 3.8) is 0 Å². The Balaban J connectivity index is 1.62. The number of nitriles is 1. The molecule has 1 aliphatic rings. The minimum atomic E-state index is -0.302. The number of carbonyl (C=O) groups excluding carboxylic acids is 1. The molecule has 2 aromatic carbocycles. The second-order valence-corrected chi connectivity index (χ2v) is 6.16. The Morgan fingerprint density at radius 3 is 2.79 bits per heavy atom. The number of aromatic nitrogens is 1. The van der Waals surface area contributed by atoms with Crippen molar-refractivity contribution in [2.75, 3.05) is 18.5 Å². The van der Waals surface area contributed by atoms with Gasteiger partial charge in [0.2, 0.25) is 0 Å². The van der Waals surface area contributed by atoms with Gasteiger partial charge in [0.25, 0.3) is 5.91 Å². The van der Waals surface area contributed by atoms with E-state index < -0.39 is 0 Å². The van der Waals surface area contributed by atoms with Gasteiger partial charge in [-0.05, 0) is 18.2 Å². The number of rotatable bonds is 2. The van der Waals surface area contributed by atoms with Gasteiger partial charge in [-0.2, -0.15) is 5.26 Å². The van der Waals surface area contributed by atoms with E-state index in [0.29, 0.717) is 41.0 Å². The van der Waals surface area contributed by atoms with Gasteiger partial charge < -0.3 is 9.47 Å². The van der Waals surface area contributed by atoms with E-state index in [1.807, 2.05) is 18.2 Å². The molecule has 1 aliphatic heterocycles. The summed E-state index contributed by atoms with van der Waals surface area (Å²) < 4.78 is 12.0. The molecule has 7 heteroatoms. The number of hydrogen-bond donors (Lipinski definition) is 1. The zero-order valence-corrected chi connectivity index (χ0v) is 13.2. The first kappa shape index (κ1) is 14.5. The molecule has 0 saturated heterocycles. The van der Waals surface area contributed by atoms with Crippen LogP contribution in [0, 0.1) is 11.3 Å². The lowest BCUT2D eigenvalue weighted by molar-refractivity contribution is 0.102. The number of fused-ring (bicyclic) bond motifs is 2. The minimum absolute atomic E-state index is 0.302. The largest absolute Gasteiger partial charge is 0.486 e. The lowest BCUT2D eigenvalue weighted by atomic mass is 10.1. The number of anilines is 1. The molecule has 0 atom stereocenters. The summed E-state index contributed by atoms with van der Waals surface area (Å²) in [6.07, 6.45) is 0. The smallest absolute Gasteiger partial charge is 0.257 e. The minimum Gasteiger partial charge on any atom is -0.486 e.